The molecule has 0 aromatic heterocycles. The van der Waals surface area contributed by atoms with Crippen LogP contribution in [-0.2, 0) is 4.79 Å². The van der Waals surface area contributed by atoms with Crippen LogP contribution in [0.5, 0.6) is 0 Å². The van der Waals surface area contributed by atoms with Crippen molar-refractivity contribution in [3.63, 3.8) is 0 Å². The van der Waals surface area contributed by atoms with E-state index in [0.29, 0.717) is 23.8 Å². The van der Waals surface area contributed by atoms with Gasteiger partial charge in [0.25, 0.3) is 0 Å². The Hall–Kier alpha value is -1.79. The van der Waals surface area contributed by atoms with Crippen molar-refractivity contribution in [3.8, 4) is 0 Å². The van der Waals surface area contributed by atoms with E-state index in [-0.39, 0.29) is 18.5 Å². The van der Waals surface area contributed by atoms with Crippen molar-refractivity contribution < 1.29 is 9.59 Å². The van der Waals surface area contributed by atoms with Crippen LogP contribution in [-0.4, -0.2) is 50.6 Å². The summed E-state index contributed by atoms with van der Waals surface area (Å²) in [5, 5.41) is 9.02. The van der Waals surface area contributed by atoms with Gasteiger partial charge in [-0.05, 0) is 24.6 Å². The Morgan fingerprint density at radius 3 is 2.62 bits per heavy atom. The summed E-state index contributed by atoms with van der Waals surface area (Å²) in [4.78, 5) is 24.5. The maximum atomic E-state index is 11.8. The van der Waals surface area contributed by atoms with E-state index in [4.69, 9.17) is 11.6 Å². The molecule has 0 unspecified atom stereocenters. The van der Waals surface area contributed by atoms with Gasteiger partial charge in [-0.25, -0.2) is 4.79 Å². The van der Waals surface area contributed by atoms with Gasteiger partial charge in [0.15, 0.2) is 0 Å². The molecular weight excluding hydrogens is 292 g/mol. The Morgan fingerprint density at radius 1 is 1.24 bits per heavy atom. The number of carbonyl (C=O) groups excluding carboxylic acids is 2. The van der Waals surface area contributed by atoms with Gasteiger partial charge in [0.1, 0.15) is 0 Å². The fourth-order valence-corrected chi connectivity index (χ4v) is 1.71. The third-order valence-electron chi connectivity index (χ3n) is 2.74. The summed E-state index contributed by atoms with van der Waals surface area (Å²) in [6.07, 6.45) is 0. The second-order valence-corrected chi connectivity index (χ2v) is 5.25. The first kappa shape index (κ1) is 17.3. The SMILES string of the molecule is Cc1ccc(Cl)cc1NC(=O)CNCCNC(=O)N(C)C. The quantitative estimate of drug-likeness (QED) is 0.696. The molecule has 0 bridgehead atoms. The van der Waals surface area contributed by atoms with Gasteiger partial charge in [-0.3, -0.25) is 4.79 Å². The predicted octanol–water partition coefficient (Wildman–Crippen LogP) is 1.45. The van der Waals surface area contributed by atoms with Gasteiger partial charge in [-0.2, -0.15) is 0 Å². The average Bonchev–Trinajstić information content (AvgIpc) is 2.42. The zero-order valence-corrected chi connectivity index (χ0v) is 13.3. The Kier molecular flexibility index (Phi) is 6.98. The average molecular weight is 313 g/mol. The summed E-state index contributed by atoms with van der Waals surface area (Å²) < 4.78 is 0. The molecule has 0 fully saturated rings. The lowest BCUT2D eigenvalue weighted by atomic mass is 10.2. The number of rotatable bonds is 6. The largest absolute Gasteiger partial charge is 0.337 e. The smallest absolute Gasteiger partial charge is 0.316 e. The van der Waals surface area contributed by atoms with Crippen molar-refractivity contribution >= 4 is 29.2 Å². The minimum Gasteiger partial charge on any atom is -0.337 e. The fraction of sp³-hybridized carbons (Fsp3) is 0.429. The molecule has 3 amide bonds. The van der Waals surface area contributed by atoms with Gasteiger partial charge in [0.05, 0.1) is 6.54 Å². The molecule has 0 saturated heterocycles. The third kappa shape index (κ3) is 6.46. The molecule has 7 heteroatoms. The minimum atomic E-state index is -0.157. The minimum absolute atomic E-state index is 0.153. The Bertz CT molecular complexity index is 506. The van der Waals surface area contributed by atoms with Crippen molar-refractivity contribution in [3.05, 3.63) is 28.8 Å². The van der Waals surface area contributed by atoms with E-state index >= 15 is 0 Å². The van der Waals surface area contributed by atoms with Crippen LogP contribution in [0.25, 0.3) is 0 Å². The summed E-state index contributed by atoms with van der Waals surface area (Å²) in [5.41, 5.74) is 1.65. The van der Waals surface area contributed by atoms with Crippen LogP contribution in [0.3, 0.4) is 0 Å². The van der Waals surface area contributed by atoms with Crippen LogP contribution in [0.15, 0.2) is 18.2 Å². The van der Waals surface area contributed by atoms with Gasteiger partial charge in [0, 0.05) is 37.9 Å². The van der Waals surface area contributed by atoms with E-state index < -0.39 is 0 Å². The first-order valence-electron chi connectivity index (χ1n) is 6.62. The number of carbonyl (C=O) groups is 2. The highest BCUT2D eigenvalue weighted by molar-refractivity contribution is 6.31. The van der Waals surface area contributed by atoms with Gasteiger partial charge < -0.3 is 20.9 Å². The predicted molar refractivity (Wildman–Crippen MR) is 84.8 cm³/mol. The molecule has 0 atom stereocenters. The topological polar surface area (TPSA) is 73.5 Å². The highest BCUT2D eigenvalue weighted by Gasteiger charge is 2.05. The lowest BCUT2D eigenvalue weighted by molar-refractivity contribution is -0.115. The molecule has 0 aliphatic rings. The summed E-state index contributed by atoms with van der Waals surface area (Å²) in [6.45, 7) is 3.04. The number of anilines is 1. The van der Waals surface area contributed by atoms with E-state index in [9.17, 15) is 9.59 Å². The van der Waals surface area contributed by atoms with E-state index in [0.717, 1.165) is 5.56 Å². The molecule has 1 rings (SSSR count). The molecule has 0 heterocycles. The second kappa shape index (κ2) is 8.49. The fourth-order valence-electron chi connectivity index (χ4n) is 1.54. The zero-order valence-electron chi connectivity index (χ0n) is 12.5. The van der Waals surface area contributed by atoms with Gasteiger partial charge >= 0.3 is 6.03 Å². The summed E-state index contributed by atoms with van der Waals surface area (Å²) in [5.74, 6) is -0.153. The van der Waals surface area contributed by atoms with Crippen LogP contribution < -0.4 is 16.0 Å². The summed E-state index contributed by atoms with van der Waals surface area (Å²) in [6, 6.07) is 5.18. The molecular formula is C14H21ClN4O2. The Morgan fingerprint density at radius 2 is 1.95 bits per heavy atom. The zero-order chi connectivity index (χ0) is 15.8. The normalized spacial score (nSPS) is 10.1. The molecule has 1 aromatic carbocycles. The van der Waals surface area contributed by atoms with Gasteiger partial charge in [-0.15, -0.1) is 0 Å². The molecule has 0 aliphatic carbocycles. The number of nitrogens with zero attached hydrogens (tertiary/aromatic N) is 1. The molecule has 21 heavy (non-hydrogen) atoms. The molecule has 6 nitrogen and oxygen atoms in total. The summed E-state index contributed by atoms with van der Waals surface area (Å²) >= 11 is 5.89. The van der Waals surface area contributed by atoms with Crippen LogP contribution in [0.4, 0.5) is 10.5 Å². The van der Waals surface area contributed by atoms with Crippen molar-refractivity contribution in [2.75, 3.05) is 39.0 Å². The van der Waals surface area contributed by atoms with Gasteiger partial charge in [-0.1, -0.05) is 17.7 Å². The third-order valence-corrected chi connectivity index (χ3v) is 2.98. The molecule has 1 aromatic rings. The van der Waals surface area contributed by atoms with Crippen molar-refractivity contribution in [1.82, 2.24) is 15.5 Å². The number of nitrogens with one attached hydrogen (secondary N) is 3. The van der Waals surface area contributed by atoms with Crippen LogP contribution in [0, 0.1) is 6.92 Å². The number of benzene rings is 1. The van der Waals surface area contributed by atoms with E-state index in [1.54, 1.807) is 26.2 Å². The van der Waals surface area contributed by atoms with E-state index in [1.807, 2.05) is 13.0 Å². The molecule has 3 N–H and O–H groups in total. The molecule has 0 aliphatic heterocycles. The number of aryl methyl sites for hydroxylation is 1. The van der Waals surface area contributed by atoms with Crippen LogP contribution in [0.2, 0.25) is 5.02 Å². The Labute approximate surface area is 129 Å². The van der Waals surface area contributed by atoms with Gasteiger partial charge in [0.2, 0.25) is 5.91 Å². The van der Waals surface area contributed by atoms with E-state index in [2.05, 4.69) is 16.0 Å². The first-order valence-corrected chi connectivity index (χ1v) is 7.00. The number of hydrogen-bond acceptors (Lipinski definition) is 3. The monoisotopic (exact) mass is 312 g/mol. The van der Waals surface area contributed by atoms with E-state index in [1.165, 1.54) is 4.90 Å². The van der Waals surface area contributed by atoms with Crippen LogP contribution >= 0.6 is 11.6 Å². The number of hydrogen-bond donors (Lipinski definition) is 3. The highest BCUT2D eigenvalue weighted by Crippen LogP contribution is 2.19. The molecule has 0 spiro atoms. The van der Waals surface area contributed by atoms with Crippen molar-refractivity contribution in [1.29, 1.82) is 0 Å². The molecule has 0 radical (unpaired) electrons. The molecule has 116 valence electrons. The van der Waals surface area contributed by atoms with Crippen molar-refractivity contribution in [2.24, 2.45) is 0 Å². The molecule has 0 saturated carbocycles. The lowest BCUT2D eigenvalue weighted by Crippen LogP contribution is -2.39. The summed E-state index contributed by atoms with van der Waals surface area (Å²) in [7, 11) is 3.34. The van der Waals surface area contributed by atoms with Crippen LogP contribution in [0.1, 0.15) is 5.56 Å². The number of halogens is 1. The highest BCUT2D eigenvalue weighted by atomic mass is 35.5. The maximum Gasteiger partial charge on any atom is 0.316 e. The lowest BCUT2D eigenvalue weighted by Gasteiger charge is -2.12. The standard InChI is InChI=1S/C14H21ClN4O2/c1-10-4-5-11(15)8-12(10)18-13(20)9-16-6-7-17-14(21)19(2)3/h4-5,8,16H,6-7,9H2,1-3H3,(H,17,21)(H,18,20). The second-order valence-electron chi connectivity index (χ2n) is 4.81. The number of urea groups is 1. The Balaban J connectivity index is 2.26. The maximum absolute atomic E-state index is 11.8. The van der Waals surface area contributed by atoms with Crippen molar-refractivity contribution in [2.45, 2.75) is 6.92 Å². The first-order chi connectivity index (χ1) is 9.90. The number of amides is 3.